The highest BCUT2D eigenvalue weighted by Crippen LogP contribution is 2.39. The van der Waals surface area contributed by atoms with Crippen LogP contribution in [-0.2, 0) is 0 Å². The van der Waals surface area contributed by atoms with Crippen LogP contribution in [0.25, 0.3) is 11.1 Å². The van der Waals surface area contributed by atoms with Crippen molar-refractivity contribution in [1.29, 1.82) is 0 Å². The van der Waals surface area contributed by atoms with Gasteiger partial charge in [-0.05, 0) is 17.7 Å². The van der Waals surface area contributed by atoms with Crippen molar-refractivity contribution in [1.82, 2.24) is 5.32 Å². The number of amides is 1. The number of hydrogen-bond donors (Lipinski definition) is 2. The van der Waals surface area contributed by atoms with E-state index in [0.717, 1.165) is 16.7 Å². The first-order valence-corrected chi connectivity index (χ1v) is 7.57. The van der Waals surface area contributed by atoms with Gasteiger partial charge in [-0.1, -0.05) is 35.9 Å². The van der Waals surface area contributed by atoms with Crippen molar-refractivity contribution in [2.24, 2.45) is 0 Å². The van der Waals surface area contributed by atoms with E-state index in [1.54, 1.807) is 13.2 Å². The molecular weight excluding hydrogens is 318 g/mol. The Bertz CT molecular complexity index is 747. The zero-order valence-electron chi connectivity index (χ0n) is 12.5. The van der Waals surface area contributed by atoms with Crippen molar-refractivity contribution in [3.63, 3.8) is 0 Å². The second kappa shape index (κ2) is 6.38. The fourth-order valence-corrected chi connectivity index (χ4v) is 3.06. The van der Waals surface area contributed by atoms with Crippen molar-refractivity contribution in [2.75, 3.05) is 13.7 Å². The highest BCUT2D eigenvalue weighted by atomic mass is 35.5. The van der Waals surface area contributed by atoms with E-state index in [1.807, 2.05) is 30.3 Å². The molecule has 2 N–H and O–H groups in total. The van der Waals surface area contributed by atoms with Crippen LogP contribution in [0.2, 0.25) is 5.02 Å². The number of carboxylic acid groups (broad SMARTS) is 1. The summed E-state index contributed by atoms with van der Waals surface area (Å²) in [5.74, 6) is 1.28. The number of hydrogen-bond acceptors (Lipinski definition) is 3. The third kappa shape index (κ3) is 3.05. The van der Waals surface area contributed by atoms with Crippen LogP contribution in [0.15, 0.2) is 36.4 Å². The second-order valence-electron chi connectivity index (χ2n) is 5.21. The molecule has 0 bridgehead atoms. The van der Waals surface area contributed by atoms with Gasteiger partial charge in [-0.2, -0.15) is 0 Å². The minimum Gasteiger partial charge on any atom is -0.495 e. The number of benzene rings is 2. The maximum absolute atomic E-state index is 10.9. The summed E-state index contributed by atoms with van der Waals surface area (Å²) in [5.41, 5.74) is 2.57. The number of nitrogens with one attached hydrogen (secondary N) is 1. The van der Waals surface area contributed by atoms with Crippen molar-refractivity contribution in [3.8, 4) is 22.6 Å². The predicted molar refractivity (Wildman–Crippen MR) is 87.5 cm³/mol. The molecule has 1 aliphatic heterocycles. The summed E-state index contributed by atoms with van der Waals surface area (Å²) >= 11 is 6.37. The van der Waals surface area contributed by atoms with Crippen LogP contribution in [0.4, 0.5) is 4.79 Å². The zero-order chi connectivity index (χ0) is 16.4. The Morgan fingerprint density at radius 1 is 1.39 bits per heavy atom. The van der Waals surface area contributed by atoms with Gasteiger partial charge in [0, 0.05) is 17.5 Å². The molecule has 0 fully saturated rings. The molecule has 0 saturated carbocycles. The van der Waals surface area contributed by atoms with Gasteiger partial charge in [-0.3, -0.25) is 0 Å². The van der Waals surface area contributed by atoms with E-state index in [9.17, 15) is 4.79 Å². The molecule has 1 aliphatic rings. The van der Waals surface area contributed by atoms with Crippen LogP contribution in [0, 0.1) is 0 Å². The molecular formula is C17H16ClNO4. The Balaban J connectivity index is 2.00. The van der Waals surface area contributed by atoms with E-state index in [1.165, 1.54) is 0 Å². The third-order valence-electron chi connectivity index (χ3n) is 3.84. The molecule has 6 heteroatoms. The van der Waals surface area contributed by atoms with E-state index in [0.29, 0.717) is 29.5 Å². The Kier molecular flexibility index (Phi) is 4.30. The first kappa shape index (κ1) is 15.5. The molecule has 3 rings (SSSR count). The van der Waals surface area contributed by atoms with Gasteiger partial charge in [0.05, 0.1) is 24.8 Å². The molecule has 0 saturated heterocycles. The lowest BCUT2D eigenvalue weighted by atomic mass is 9.96. The number of ether oxygens (including phenoxy) is 2. The average Bonchev–Trinajstić information content (AvgIpc) is 2.54. The van der Waals surface area contributed by atoms with E-state index >= 15 is 0 Å². The van der Waals surface area contributed by atoms with Crippen molar-refractivity contribution in [2.45, 2.75) is 12.5 Å². The molecule has 23 heavy (non-hydrogen) atoms. The van der Waals surface area contributed by atoms with Gasteiger partial charge in [0.25, 0.3) is 0 Å². The van der Waals surface area contributed by atoms with Crippen LogP contribution in [-0.4, -0.2) is 24.9 Å². The molecule has 0 aromatic heterocycles. The fraction of sp³-hybridized carbons (Fsp3) is 0.235. The Morgan fingerprint density at radius 2 is 2.22 bits per heavy atom. The van der Waals surface area contributed by atoms with E-state index in [-0.39, 0.29) is 6.04 Å². The van der Waals surface area contributed by atoms with E-state index in [4.69, 9.17) is 26.2 Å². The average molecular weight is 334 g/mol. The lowest BCUT2D eigenvalue weighted by molar-refractivity contribution is 0.182. The maximum Gasteiger partial charge on any atom is 0.405 e. The summed E-state index contributed by atoms with van der Waals surface area (Å²) in [7, 11) is 1.57. The standard InChI is InChI=1S/C17H16ClNO4/c1-22-14-4-2-3-11(16(14)18)10-5-6-12-13(19-17(20)21)7-8-23-15(12)9-10/h2-6,9,13,19H,7-8H2,1H3,(H,20,21). The molecule has 120 valence electrons. The lowest BCUT2D eigenvalue weighted by Crippen LogP contribution is -2.30. The SMILES string of the molecule is COc1cccc(-c2ccc3c(c2)OCCC3NC(=O)O)c1Cl. The number of rotatable bonds is 3. The Hall–Kier alpha value is -2.40. The minimum absolute atomic E-state index is 0.258. The molecule has 2 aromatic carbocycles. The van der Waals surface area contributed by atoms with E-state index in [2.05, 4.69) is 5.32 Å². The van der Waals surface area contributed by atoms with Gasteiger partial charge in [-0.15, -0.1) is 0 Å². The molecule has 2 aromatic rings. The smallest absolute Gasteiger partial charge is 0.405 e. The molecule has 1 atom stereocenters. The van der Waals surface area contributed by atoms with Crippen LogP contribution in [0.5, 0.6) is 11.5 Å². The summed E-state index contributed by atoms with van der Waals surface area (Å²) in [4.78, 5) is 10.9. The number of halogens is 1. The molecule has 1 amide bonds. The largest absolute Gasteiger partial charge is 0.495 e. The summed E-state index contributed by atoms with van der Waals surface area (Å²) in [6.07, 6.45) is -0.429. The number of fused-ring (bicyclic) bond motifs is 1. The fourth-order valence-electron chi connectivity index (χ4n) is 2.75. The normalized spacial score (nSPS) is 16.2. The number of carbonyl (C=O) groups is 1. The van der Waals surface area contributed by atoms with Crippen molar-refractivity contribution >= 4 is 17.7 Å². The molecule has 0 spiro atoms. The van der Waals surface area contributed by atoms with Crippen molar-refractivity contribution in [3.05, 3.63) is 47.0 Å². The first-order chi connectivity index (χ1) is 11.1. The lowest BCUT2D eigenvalue weighted by Gasteiger charge is -2.26. The molecule has 1 unspecified atom stereocenters. The van der Waals surface area contributed by atoms with Gasteiger partial charge in [0.1, 0.15) is 11.5 Å². The quantitative estimate of drug-likeness (QED) is 0.887. The second-order valence-corrected chi connectivity index (χ2v) is 5.59. The summed E-state index contributed by atoms with van der Waals surface area (Å²) < 4.78 is 10.9. The molecule has 0 radical (unpaired) electrons. The maximum atomic E-state index is 10.9. The van der Waals surface area contributed by atoms with Gasteiger partial charge < -0.3 is 19.9 Å². The topological polar surface area (TPSA) is 67.8 Å². The zero-order valence-corrected chi connectivity index (χ0v) is 13.3. The van der Waals surface area contributed by atoms with Gasteiger partial charge >= 0.3 is 6.09 Å². The highest BCUT2D eigenvalue weighted by Gasteiger charge is 2.23. The predicted octanol–water partition coefficient (Wildman–Crippen LogP) is 4.11. The monoisotopic (exact) mass is 333 g/mol. The molecule has 0 aliphatic carbocycles. The number of methoxy groups -OCH3 is 1. The Labute approximate surface area is 138 Å². The minimum atomic E-state index is -1.04. The summed E-state index contributed by atoms with van der Waals surface area (Å²) in [5, 5.41) is 12.0. The Morgan fingerprint density at radius 3 is 2.96 bits per heavy atom. The molecule has 1 heterocycles. The third-order valence-corrected chi connectivity index (χ3v) is 4.23. The van der Waals surface area contributed by atoms with Crippen LogP contribution >= 0.6 is 11.6 Å². The summed E-state index contributed by atoms with van der Waals surface area (Å²) in [6, 6.07) is 11.0. The highest BCUT2D eigenvalue weighted by molar-refractivity contribution is 6.34. The van der Waals surface area contributed by atoms with Crippen LogP contribution < -0.4 is 14.8 Å². The van der Waals surface area contributed by atoms with Crippen molar-refractivity contribution < 1.29 is 19.4 Å². The van der Waals surface area contributed by atoms with Crippen LogP contribution in [0.1, 0.15) is 18.0 Å². The van der Waals surface area contributed by atoms with Gasteiger partial charge in [0.2, 0.25) is 0 Å². The van der Waals surface area contributed by atoms with Crippen LogP contribution in [0.3, 0.4) is 0 Å². The molecule has 5 nitrogen and oxygen atoms in total. The van der Waals surface area contributed by atoms with E-state index < -0.39 is 6.09 Å². The van der Waals surface area contributed by atoms with Gasteiger partial charge in [-0.25, -0.2) is 4.79 Å². The first-order valence-electron chi connectivity index (χ1n) is 7.19. The summed E-state index contributed by atoms with van der Waals surface area (Å²) in [6.45, 7) is 0.466. The van der Waals surface area contributed by atoms with Gasteiger partial charge in [0.15, 0.2) is 0 Å².